The van der Waals surface area contributed by atoms with Crippen molar-refractivity contribution in [2.75, 3.05) is 13.2 Å². The topological polar surface area (TPSA) is 46.6 Å². The number of hydrogen-bond acceptors (Lipinski definition) is 3. The Bertz CT molecular complexity index is 620. The Balaban J connectivity index is 2.54. The number of ether oxygens (including phenoxy) is 1. The predicted molar refractivity (Wildman–Crippen MR) is 84.1 cm³/mol. The third-order valence-electron chi connectivity index (χ3n) is 3.49. The maximum Gasteiger partial charge on any atom is 0.247 e. The lowest BCUT2D eigenvalue weighted by atomic mass is 10.2. The van der Waals surface area contributed by atoms with Crippen molar-refractivity contribution in [2.45, 2.75) is 44.6 Å². The van der Waals surface area contributed by atoms with Crippen LogP contribution in [-0.4, -0.2) is 31.9 Å². The summed E-state index contributed by atoms with van der Waals surface area (Å²) in [6.45, 7) is 6.63. The molecule has 5 heteroatoms. The van der Waals surface area contributed by atoms with Gasteiger partial charge in [0, 0.05) is 12.6 Å². The molecule has 0 atom stereocenters. The number of hydrogen-bond donors (Lipinski definition) is 0. The molecule has 1 aliphatic rings. The van der Waals surface area contributed by atoms with Crippen LogP contribution in [0.2, 0.25) is 0 Å². The number of allylic oxidation sites excluding steroid dienone is 1. The molecule has 0 fully saturated rings. The van der Waals surface area contributed by atoms with E-state index in [0.29, 0.717) is 18.9 Å². The second kappa shape index (κ2) is 6.62. The lowest BCUT2D eigenvalue weighted by molar-refractivity contribution is 0.302. The Labute approximate surface area is 127 Å². The van der Waals surface area contributed by atoms with Crippen molar-refractivity contribution in [2.24, 2.45) is 0 Å². The summed E-state index contributed by atoms with van der Waals surface area (Å²) in [7, 11) is -3.56. The fourth-order valence-corrected chi connectivity index (χ4v) is 4.04. The summed E-state index contributed by atoms with van der Waals surface area (Å²) in [6.07, 6.45) is 5.73. The molecule has 1 aromatic carbocycles. The van der Waals surface area contributed by atoms with Crippen LogP contribution < -0.4 is 4.74 Å². The van der Waals surface area contributed by atoms with Crippen LogP contribution in [0, 0.1) is 6.92 Å². The quantitative estimate of drug-likeness (QED) is 0.749. The van der Waals surface area contributed by atoms with Crippen LogP contribution in [0.3, 0.4) is 0 Å². The minimum absolute atomic E-state index is 0.102. The fourth-order valence-electron chi connectivity index (χ4n) is 2.33. The highest BCUT2D eigenvalue weighted by Gasteiger charge is 2.29. The molecule has 1 heterocycles. The van der Waals surface area contributed by atoms with Crippen LogP contribution in [0.15, 0.2) is 35.2 Å². The molecule has 0 radical (unpaired) electrons. The van der Waals surface area contributed by atoms with E-state index in [1.807, 2.05) is 39.0 Å². The van der Waals surface area contributed by atoms with Gasteiger partial charge in [0.1, 0.15) is 10.6 Å². The maximum atomic E-state index is 12.9. The van der Waals surface area contributed by atoms with Crippen molar-refractivity contribution in [1.29, 1.82) is 0 Å². The Morgan fingerprint density at radius 2 is 2.00 bits per heavy atom. The van der Waals surface area contributed by atoms with Gasteiger partial charge in [0.05, 0.1) is 6.61 Å². The lowest BCUT2D eigenvalue weighted by Gasteiger charge is -2.25. The van der Waals surface area contributed by atoms with Crippen LogP contribution in [0.1, 0.15) is 32.3 Å². The minimum Gasteiger partial charge on any atom is -0.492 e. The average molecular weight is 309 g/mol. The highest BCUT2D eigenvalue weighted by Crippen LogP contribution is 2.29. The summed E-state index contributed by atoms with van der Waals surface area (Å²) < 4.78 is 33.1. The minimum atomic E-state index is -3.56. The van der Waals surface area contributed by atoms with Crippen molar-refractivity contribution >= 4 is 10.0 Å². The van der Waals surface area contributed by atoms with Gasteiger partial charge in [-0.2, -0.15) is 4.31 Å². The van der Waals surface area contributed by atoms with Gasteiger partial charge in [-0.25, -0.2) is 8.42 Å². The van der Waals surface area contributed by atoms with E-state index in [1.54, 1.807) is 12.1 Å². The van der Waals surface area contributed by atoms with Crippen LogP contribution in [0.25, 0.3) is 0 Å². The number of nitrogens with zero attached hydrogens (tertiary/aromatic N) is 1. The van der Waals surface area contributed by atoms with Crippen molar-refractivity contribution in [3.63, 3.8) is 0 Å². The van der Waals surface area contributed by atoms with Crippen molar-refractivity contribution in [3.8, 4) is 5.75 Å². The molecule has 4 nitrogen and oxygen atoms in total. The molecule has 0 spiro atoms. The van der Waals surface area contributed by atoms with E-state index >= 15 is 0 Å². The highest BCUT2D eigenvalue weighted by atomic mass is 32.2. The molecule has 1 aromatic rings. The van der Waals surface area contributed by atoms with Crippen LogP contribution in [-0.2, 0) is 10.0 Å². The summed E-state index contributed by atoms with van der Waals surface area (Å²) in [5.41, 5.74) is 0.994. The second-order valence-corrected chi connectivity index (χ2v) is 7.44. The predicted octanol–water partition coefficient (Wildman–Crippen LogP) is 3.12. The number of sulfonamides is 1. The molecule has 0 saturated carbocycles. The molecular weight excluding hydrogens is 286 g/mol. The zero-order valence-electron chi connectivity index (χ0n) is 12.9. The molecule has 116 valence electrons. The molecule has 0 aromatic heterocycles. The third-order valence-corrected chi connectivity index (χ3v) is 5.57. The van der Waals surface area contributed by atoms with Crippen molar-refractivity contribution in [3.05, 3.63) is 35.9 Å². The van der Waals surface area contributed by atoms with Gasteiger partial charge in [0.2, 0.25) is 10.0 Å². The zero-order chi connectivity index (χ0) is 15.5. The maximum absolute atomic E-state index is 12.9. The van der Waals surface area contributed by atoms with Gasteiger partial charge >= 0.3 is 0 Å². The first-order chi connectivity index (χ1) is 9.93. The van der Waals surface area contributed by atoms with Gasteiger partial charge < -0.3 is 4.74 Å². The Morgan fingerprint density at radius 1 is 1.24 bits per heavy atom. The summed E-state index contributed by atoms with van der Waals surface area (Å²) in [4.78, 5) is 0.261. The smallest absolute Gasteiger partial charge is 0.247 e. The van der Waals surface area contributed by atoms with Crippen LogP contribution >= 0.6 is 0 Å². The van der Waals surface area contributed by atoms with Crippen molar-refractivity contribution in [1.82, 2.24) is 4.31 Å². The molecule has 0 unspecified atom stereocenters. The molecule has 0 N–H and O–H groups in total. The van der Waals surface area contributed by atoms with E-state index in [2.05, 4.69) is 0 Å². The highest BCUT2D eigenvalue weighted by molar-refractivity contribution is 7.89. The van der Waals surface area contributed by atoms with E-state index in [-0.39, 0.29) is 10.9 Å². The number of benzene rings is 1. The monoisotopic (exact) mass is 309 g/mol. The summed E-state index contributed by atoms with van der Waals surface area (Å²) in [6, 6.07) is 5.16. The molecule has 2 rings (SSSR count). The molecule has 21 heavy (non-hydrogen) atoms. The number of aryl methyl sites for hydroxylation is 1. The molecular formula is C16H23NO3S. The normalized spacial score (nSPS) is 19.6. The van der Waals surface area contributed by atoms with E-state index in [0.717, 1.165) is 18.4 Å². The van der Waals surface area contributed by atoms with Crippen LogP contribution in [0.5, 0.6) is 5.75 Å². The first-order valence-corrected chi connectivity index (χ1v) is 8.77. The summed E-state index contributed by atoms with van der Waals surface area (Å²) in [5, 5.41) is 0. The van der Waals surface area contributed by atoms with Crippen molar-refractivity contribution < 1.29 is 13.2 Å². The van der Waals surface area contributed by atoms with Gasteiger partial charge in [0.25, 0.3) is 0 Å². The summed E-state index contributed by atoms with van der Waals surface area (Å²) in [5.74, 6) is 0.461. The van der Waals surface area contributed by atoms with Gasteiger partial charge in [-0.1, -0.05) is 18.2 Å². The Kier molecular flexibility index (Phi) is 5.06. The Morgan fingerprint density at radius 3 is 2.71 bits per heavy atom. The fraction of sp³-hybridized carbons (Fsp3) is 0.500. The van der Waals surface area contributed by atoms with E-state index in [9.17, 15) is 8.42 Å². The van der Waals surface area contributed by atoms with Gasteiger partial charge in [-0.05, 0) is 51.3 Å². The zero-order valence-corrected chi connectivity index (χ0v) is 13.7. The first kappa shape index (κ1) is 16.0. The molecule has 0 amide bonds. The number of rotatable bonds is 1. The second-order valence-electron chi connectivity index (χ2n) is 5.58. The number of fused-ring (bicyclic) bond motifs is 1. The summed E-state index contributed by atoms with van der Waals surface area (Å²) >= 11 is 0. The first-order valence-electron chi connectivity index (χ1n) is 7.33. The van der Waals surface area contributed by atoms with Crippen LogP contribution in [0.4, 0.5) is 0 Å². The lowest BCUT2D eigenvalue weighted by Crippen LogP contribution is -2.37. The molecule has 0 bridgehead atoms. The average Bonchev–Trinajstić information content (AvgIpc) is 2.42. The Hall–Kier alpha value is -1.33. The van der Waals surface area contributed by atoms with E-state index in [1.165, 1.54) is 4.31 Å². The van der Waals surface area contributed by atoms with Gasteiger partial charge in [-0.15, -0.1) is 0 Å². The molecule has 1 aliphatic heterocycles. The SMILES string of the molecule is Cc1ccc2c(c1)OCCCC=CCN(C(C)C)S2(=O)=O. The molecule has 0 aliphatic carbocycles. The van der Waals surface area contributed by atoms with Gasteiger partial charge in [-0.3, -0.25) is 0 Å². The molecule has 0 saturated heterocycles. The van der Waals surface area contributed by atoms with Gasteiger partial charge in [0.15, 0.2) is 0 Å². The standard InChI is InChI=1S/C16H23NO3S/c1-13(2)17-10-6-4-5-7-11-20-15-12-14(3)8-9-16(15)21(17,18)19/h4,6,8-9,12-13H,5,7,10-11H2,1-3H3. The third kappa shape index (κ3) is 3.66. The van der Waals surface area contributed by atoms with E-state index < -0.39 is 10.0 Å². The van der Waals surface area contributed by atoms with E-state index in [4.69, 9.17) is 4.74 Å². The largest absolute Gasteiger partial charge is 0.492 e.